The SMILES string of the molecule is C#CCCC1(CCC(=O)N2CCC(C(=O)O)(c3ccccc3)CC2)N=N1. The van der Waals surface area contributed by atoms with E-state index in [4.69, 9.17) is 6.42 Å². The number of carboxylic acids is 1. The molecule has 0 saturated carbocycles. The Morgan fingerprint density at radius 2 is 1.81 bits per heavy atom. The van der Waals surface area contributed by atoms with Crippen LogP contribution in [0.5, 0.6) is 0 Å². The molecule has 1 aromatic rings. The number of carbonyl (C=O) groups excluding carboxylic acids is 1. The maximum Gasteiger partial charge on any atom is 0.314 e. The first-order chi connectivity index (χ1) is 12.5. The van der Waals surface area contributed by atoms with E-state index in [2.05, 4.69) is 16.1 Å². The Kier molecular flexibility index (Phi) is 5.08. The van der Waals surface area contributed by atoms with Gasteiger partial charge in [0, 0.05) is 38.8 Å². The molecule has 6 nitrogen and oxygen atoms in total. The molecule has 2 aliphatic rings. The molecular formula is C20H23N3O3. The van der Waals surface area contributed by atoms with Gasteiger partial charge in [0.15, 0.2) is 5.66 Å². The summed E-state index contributed by atoms with van der Waals surface area (Å²) in [6.45, 7) is 0.900. The molecule has 1 aromatic carbocycles. The monoisotopic (exact) mass is 353 g/mol. The lowest BCUT2D eigenvalue weighted by atomic mass is 9.73. The molecule has 2 heterocycles. The minimum Gasteiger partial charge on any atom is -0.481 e. The van der Waals surface area contributed by atoms with E-state index in [9.17, 15) is 14.7 Å². The van der Waals surface area contributed by atoms with Crippen LogP contribution in [0.25, 0.3) is 0 Å². The second-order valence-electron chi connectivity index (χ2n) is 7.02. The van der Waals surface area contributed by atoms with Crippen LogP contribution in [0.2, 0.25) is 0 Å². The quantitative estimate of drug-likeness (QED) is 0.765. The van der Waals surface area contributed by atoms with Gasteiger partial charge in [0.1, 0.15) is 0 Å². The van der Waals surface area contributed by atoms with Crippen LogP contribution < -0.4 is 0 Å². The third kappa shape index (κ3) is 3.62. The number of carboxylic acid groups (broad SMARTS) is 1. The summed E-state index contributed by atoms with van der Waals surface area (Å²) in [5.74, 6) is 1.80. The van der Waals surface area contributed by atoms with Crippen molar-refractivity contribution in [3.05, 3.63) is 35.9 Å². The van der Waals surface area contributed by atoms with Gasteiger partial charge < -0.3 is 10.0 Å². The van der Waals surface area contributed by atoms with E-state index < -0.39 is 17.0 Å². The molecule has 0 aromatic heterocycles. The first-order valence-electron chi connectivity index (χ1n) is 8.96. The Balaban J connectivity index is 1.56. The fourth-order valence-corrected chi connectivity index (χ4v) is 3.65. The number of piperidine rings is 1. The molecule has 1 N–H and O–H groups in total. The van der Waals surface area contributed by atoms with Crippen molar-refractivity contribution in [1.29, 1.82) is 0 Å². The highest BCUT2D eigenvalue weighted by atomic mass is 16.4. The standard InChI is InChI=1S/C20H23N3O3/c1-2-3-10-20(21-22-20)11-9-17(24)23-14-12-19(13-15-23,18(25)26)16-7-5-4-6-8-16/h1,4-8H,3,9-15H2,(H,25,26). The first kappa shape index (κ1) is 18.1. The maximum atomic E-state index is 12.5. The molecule has 6 heteroatoms. The number of terminal acetylenes is 1. The van der Waals surface area contributed by atoms with Crippen LogP contribution >= 0.6 is 0 Å². The third-order valence-corrected chi connectivity index (χ3v) is 5.50. The molecule has 0 aliphatic carbocycles. The molecule has 26 heavy (non-hydrogen) atoms. The van der Waals surface area contributed by atoms with Crippen molar-refractivity contribution >= 4 is 11.9 Å². The summed E-state index contributed by atoms with van der Waals surface area (Å²) >= 11 is 0. The van der Waals surface area contributed by atoms with E-state index >= 15 is 0 Å². The smallest absolute Gasteiger partial charge is 0.314 e. The molecule has 136 valence electrons. The Morgan fingerprint density at radius 1 is 1.15 bits per heavy atom. The highest BCUT2D eigenvalue weighted by molar-refractivity contribution is 5.82. The van der Waals surface area contributed by atoms with Crippen molar-refractivity contribution < 1.29 is 14.7 Å². The predicted molar refractivity (Wildman–Crippen MR) is 96.5 cm³/mol. The number of carbonyl (C=O) groups is 2. The van der Waals surface area contributed by atoms with Gasteiger partial charge in [0.2, 0.25) is 5.91 Å². The van der Waals surface area contributed by atoms with Crippen molar-refractivity contribution in [3.8, 4) is 12.3 Å². The largest absolute Gasteiger partial charge is 0.481 e. The number of aliphatic carboxylic acids is 1. The topological polar surface area (TPSA) is 82.3 Å². The zero-order valence-corrected chi connectivity index (χ0v) is 14.7. The summed E-state index contributed by atoms with van der Waals surface area (Å²) in [6.07, 6.45) is 8.36. The molecule has 0 spiro atoms. The number of nitrogens with zero attached hydrogens (tertiary/aromatic N) is 3. The molecule has 0 atom stereocenters. The fraction of sp³-hybridized carbons (Fsp3) is 0.500. The van der Waals surface area contributed by atoms with Crippen molar-refractivity contribution in [2.45, 2.75) is 49.6 Å². The summed E-state index contributed by atoms with van der Waals surface area (Å²) in [4.78, 5) is 26.3. The van der Waals surface area contributed by atoms with Crippen molar-refractivity contribution in [2.24, 2.45) is 10.2 Å². The molecule has 0 bridgehead atoms. The van der Waals surface area contributed by atoms with Gasteiger partial charge in [0.05, 0.1) is 5.41 Å². The van der Waals surface area contributed by atoms with E-state index in [1.165, 1.54) is 0 Å². The van der Waals surface area contributed by atoms with Crippen LogP contribution in [0.1, 0.15) is 44.1 Å². The zero-order valence-electron chi connectivity index (χ0n) is 14.7. The third-order valence-electron chi connectivity index (χ3n) is 5.50. The molecule has 2 aliphatic heterocycles. The van der Waals surface area contributed by atoms with Crippen LogP contribution in [0.3, 0.4) is 0 Å². The Bertz CT molecular complexity index is 737. The summed E-state index contributed by atoms with van der Waals surface area (Å²) in [5.41, 5.74) is -0.552. The number of benzene rings is 1. The normalized spacial score (nSPS) is 19.6. The summed E-state index contributed by atoms with van der Waals surface area (Å²) < 4.78 is 0. The second kappa shape index (κ2) is 7.28. The van der Waals surface area contributed by atoms with Crippen LogP contribution in [0.4, 0.5) is 0 Å². The molecule has 1 amide bonds. The highest BCUT2D eigenvalue weighted by Crippen LogP contribution is 2.39. The zero-order chi connectivity index (χ0) is 18.6. The fourth-order valence-electron chi connectivity index (χ4n) is 3.65. The maximum absolute atomic E-state index is 12.5. The van der Waals surface area contributed by atoms with Crippen molar-refractivity contribution in [1.82, 2.24) is 4.90 Å². The van der Waals surface area contributed by atoms with Gasteiger partial charge in [-0.1, -0.05) is 30.3 Å². The van der Waals surface area contributed by atoms with Crippen LogP contribution in [-0.2, 0) is 15.0 Å². The summed E-state index contributed by atoms with van der Waals surface area (Å²) in [6, 6.07) is 9.31. The number of amides is 1. The Morgan fingerprint density at radius 3 is 2.35 bits per heavy atom. The lowest BCUT2D eigenvalue weighted by Crippen LogP contribution is -2.49. The summed E-state index contributed by atoms with van der Waals surface area (Å²) in [5, 5.41) is 17.9. The average molecular weight is 353 g/mol. The van der Waals surface area contributed by atoms with Gasteiger partial charge in [-0.2, -0.15) is 10.2 Å². The lowest BCUT2D eigenvalue weighted by Gasteiger charge is -2.39. The van der Waals surface area contributed by atoms with E-state index in [1.54, 1.807) is 4.90 Å². The second-order valence-corrected chi connectivity index (χ2v) is 7.02. The van der Waals surface area contributed by atoms with Gasteiger partial charge in [-0.05, 0) is 18.4 Å². The van der Waals surface area contributed by atoms with E-state index in [0.717, 1.165) is 5.56 Å². The van der Waals surface area contributed by atoms with Gasteiger partial charge in [-0.3, -0.25) is 9.59 Å². The number of likely N-dealkylation sites (tertiary alicyclic amines) is 1. The van der Waals surface area contributed by atoms with Gasteiger partial charge in [-0.25, -0.2) is 0 Å². The van der Waals surface area contributed by atoms with Gasteiger partial charge >= 0.3 is 5.97 Å². The van der Waals surface area contributed by atoms with Gasteiger partial charge in [0.25, 0.3) is 0 Å². The van der Waals surface area contributed by atoms with Crippen molar-refractivity contribution in [2.75, 3.05) is 13.1 Å². The Hall–Kier alpha value is -2.68. The molecular weight excluding hydrogens is 330 g/mol. The molecule has 0 unspecified atom stereocenters. The minimum atomic E-state index is -0.910. The van der Waals surface area contributed by atoms with E-state index in [-0.39, 0.29) is 5.91 Å². The van der Waals surface area contributed by atoms with Crippen LogP contribution in [0, 0.1) is 12.3 Å². The average Bonchev–Trinajstić information content (AvgIpc) is 3.45. The molecule has 3 rings (SSSR count). The number of hydrogen-bond donors (Lipinski definition) is 1. The molecule has 1 fully saturated rings. The highest BCUT2D eigenvalue weighted by Gasteiger charge is 2.44. The van der Waals surface area contributed by atoms with Crippen LogP contribution in [0.15, 0.2) is 40.6 Å². The van der Waals surface area contributed by atoms with E-state index in [1.807, 2.05) is 30.3 Å². The first-order valence-corrected chi connectivity index (χ1v) is 8.96. The molecule has 0 radical (unpaired) electrons. The minimum absolute atomic E-state index is 0.0365. The summed E-state index contributed by atoms with van der Waals surface area (Å²) in [7, 11) is 0. The van der Waals surface area contributed by atoms with Crippen LogP contribution in [-0.4, -0.2) is 40.6 Å². The predicted octanol–water partition coefficient (Wildman–Crippen LogP) is 2.99. The number of rotatable bonds is 7. The number of hydrogen-bond acceptors (Lipinski definition) is 4. The lowest BCUT2D eigenvalue weighted by molar-refractivity contribution is -0.148. The van der Waals surface area contributed by atoms with Crippen molar-refractivity contribution in [3.63, 3.8) is 0 Å². The Labute approximate surface area is 153 Å². The molecule has 1 saturated heterocycles. The van der Waals surface area contributed by atoms with Gasteiger partial charge in [-0.15, -0.1) is 12.3 Å². The van der Waals surface area contributed by atoms with E-state index in [0.29, 0.717) is 51.6 Å².